The van der Waals surface area contributed by atoms with E-state index in [0.717, 1.165) is 37.8 Å². The molecule has 4 nitrogen and oxygen atoms in total. The van der Waals surface area contributed by atoms with Crippen molar-refractivity contribution in [1.29, 1.82) is 0 Å². The van der Waals surface area contributed by atoms with Crippen molar-refractivity contribution < 1.29 is 4.79 Å². The molecule has 1 amide bonds. The number of aryl methyl sites for hydroxylation is 1. The number of aliphatic imine (C=N–C) groups is 1. The van der Waals surface area contributed by atoms with Gasteiger partial charge in [0.1, 0.15) is 5.54 Å². The van der Waals surface area contributed by atoms with E-state index < -0.39 is 5.54 Å². The number of rotatable bonds is 2. The average Bonchev–Trinajstić information content (AvgIpc) is 2.66. The lowest BCUT2D eigenvalue weighted by molar-refractivity contribution is -0.124. The van der Waals surface area contributed by atoms with Crippen LogP contribution in [0.1, 0.15) is 44.2 Å². The van der Waals surface area contributed by atoms with Gasteiger partial charge in [0, 0.05) is 6.54 Å². The second-order valence-corrected chi connectivity index (χ2v) is 6.43. The molecule has 3 rings (SSSR count). The molecule has 4 heteroatoms. The predicted octanol–water partition coefficient (Wildman–Crippen LogP) is 2.34. The molecule has 1 heterocycles. The fourth-order valence-corrected chi connectivity index (χ4v) is 3.22. The Hall–Kier alpha value is -1.84. The van der Waals surface area contributed by atoms with Gasteiger partial charge in [-0.25, -0.2) is 0 Å². The number of hydrogen-bond acceptors (Lipinski definition) is 2. The van der Waals surface area contributed by atoms with Crippen LogP contribution in [0, 0.1) is 5.92 Å². The summed E-state index contributed by atoms with van der Waals surface area (Å²) in [7, 11) is 0. The van der Waals surface area contributed by atoms with Crippen LogP contribution < -0.4 is 10.6 Å². The molecule has 0 saturated carbocycles. The van der Waals surface area contributed by atoms with Crippen LogP contribution in [0.4, 0.5) is 0 Å². The third-order valence-electron chi connectivity index (χ3n) is 4.29. The Bertz CT molecular complexity index is 579. The largest absolute Gasteiger partial charge is 0.338 e. The number of nitrogens with zero attached hydrogens (tertiary/aromatic N) is 1. The van der Waals surface area contributed by atoms with Gasteiger partial charge in [0.15, 0.2) is 5.96 Å². The maximum atomic E-state index is 12.7. The summed E-state index contributed by atoms with van der Waals surface area (Å²) in [6.07, 6.45) is 4.06. The van der Waals surface area contributed by atoms with Crippen molar-refractivity contribution in [3.63, 3.8) is 0 Å². The van der Waals surface area contributed by atoms with Gasteiger partial charge in [-0.2, -0.15) is 0 Å². The lowest BCUT2D eigenvalue weighted by Crippen LogP contribution is -2.44. The number of guanidine groups is 1. The molecule has 1 spiro atoms. The third-order valence-corrected chi connectivity index (χ3v) is 4.29. The molecule has 21 heavy (non-hydrogen) atoms. The molecule has 1 aromatic rings. The Morgan fingerprint density at radius 1 is 1.29 bits per heavy atom. The number of nitrogens with one attached hydrogen (secondary N) is 2. The Labute approximate surface area is 126 Å². The zero-order valence-electron chi connectivity index (χ0n) is 12.8. The Kier molecular flexibility index (Phi) is 3.70. The highest BCUT2D eigenvalue weighted by Gasteiger charge is 2.47. The van der Waals surface area contributed by atoms with Crippen molar-refractivity contribution in [1.82, 2.24) is 10.6 Å². The maximum Gasteiger partial charge on any atom is 0.257 e. The minimum atomic E-state index is -0.622. The molecule has 1 saturated heterocycles. The molecule has 0 bridgehead atoms. The normalized spacial score (nSPS) is 26.6. The lowest BCUT2D eigenvalue weighted by atomic mass is 9.84. The first-order chi connectivity index (χ1) is 10.1. The zero-order chi connectivity index (χ0) is 14.9. The highest BCUT2D eigenvalue weighted by atomic mass is 16.2. The molecule has 1 aliphatic heterocycles. The minimum Gasteiger partial charge on any atom is -0.338 e. The predicted molar refractivity (Wildman–Crippen MR) is 84.1 cm³/mol. The van der Waals surface area contributed by atoms with Crippen LogP contribution in [-0.2, 0) is 16.8 Å². The Morgan fingerprint density at radius 3 is 2.90 bits per heavy atom. The van der Waals surface area contributed by atoms with Gasteiger partial charge in [-0.05, 0) is 42.7 Å². The third kappa shape index (κ3) is 2.55. The highest BCUT2D eigenvalue weighted by Crippen LogP contribution is 2.36. The molecule has 0 radical (unpaired) electrons. The lowest BCUT2D eigenvalue weighted by Gasteiger charge is -2.27. The molecule has 2 N–H and O–H groups in total. The van der Waals surface area contributed by atoms with Crippen LogP contribution in [0.5, 0.6) is 0 Å². The van der Waals surface area contributed by atoms with Gasteiger partial charge in [0.2, 0.25) is 0 Å². The van der Waals surface area contributed by atoms with E-state index >= 15 is 0 Å². The summed E-state index contributed by atoms with van der Waals surface area (Å²) in [5, 5.41) is 6.34. The molecule has 2 aliphatic rings. The topological polar surface area (TPSA) is 53.5 Å². The summed E-state index contributed by atoms with van der Waals surface area (Å²) >= 11 is 0. The molecular weight excluding hydrogens is 262 g/mol. The summed E-state index contributed by atoms with van der Waals surface area (Å²) in [4.78, 5) is 17.2. The molecule has 1 unspecified atom stereocenters. The van der Waals surface area contributed by atoms with Gasteiger partial charge in [0.25, 0.3) is 5.91 Å². The first-order valence-electron chi connectivity index (χ1n) is 7.84. The van der Waals surface area contributed by atoms with E-state index in [2.05, 4.69) is 47.7 Å². The van der Waals surface area contributed by atoms with Crippen LogP contribution in [0.2, 0.25) is 0 Å². The number of carbonyl (C=O) groups is 1. The number of carbonyl (C=O) groups excluding carboxylic acids is 1. The summed E-state index contributed by atoms with van der Waals surface area (Å²) < 4.78 is 0. The Morgan fingerprint density at radius 2 is 2.10 bits per heavy atom. The van der Waals surface area contributed by atoms with E-state index in [-0.39, 0.29) is 5.91 Å². The van der Waals surface area contributed by atoms with Crippen molar-refractivity contribution in [2.24, 2.45) is 10.9 Å². The molecular formula is C17H23N3O. The summed E-state index contributed by atoms with van der Waals surface area (Å²) in [5.74, 6) is 1.15. The fourth-order valence-electron chi connectivity index (χ4n) is 3.22. The Balaban J connectivity index is 1.97. The van der Waals surface area contributed by atoms with Gasteiger partial charge in [-0.3, -0.25) is 15.1 Å². The number of fused-ring (bicyclic) bond motifs is 2. The van der Waals surface area contributed by atoms with Crippen molar-refractivity contribution in [2.75, 3.05) is 6.54 Å². The first kappa shape index (κ1) is 14.1. The van der Waals surface area contributed by atoms with E-state index in [1.807, 2.05) is 6.07 Å². The summed E-state index contributed by atoms with van der Waals surface area (Å²) in [5.41, 5.74) is 1.78. The molecule has 1 fully saturated rings. The molecule has 1 atom stereocenters. The van der Waals surface area contributed by atoms with Gasteiger partial charge in [-0.15, -0.1) is 0 Å². The van der Waals surface area contributed by atoms with E-state index in [0.29, 0.717) is 11.9 Å². The molecule has 112 valence electrons. The van der Waals surface area contributed by atoms with E-state index in [1.165, 1.54) is 5.56 Å². The fraction of sp³-hybridized carbons (Fsp3) is 0.529. The van der Waals surface area contributed by atoms with Crippen molar-refractivity contribution in [2.45, 2.75) is 45.1 Å². The summed E-state index contributed by atoms with van der Waals surface area (Å²) in [6.45, 7) is 4.97. The van der Waals surface area contributed by atoms with Crippen LogP contribution >= 0.6 is 0 Å². The van der Waals surface area contributed by atoms with Gasteiger partial charge >= 0.3 is 0 Å². The van der Waals surface area contributed by atoms with Gasteiger partial charge in [-0.1, -0.05) is 38.1 Å². The number of hydrogen-bond donors (Lipinski definition) is 2. The van der Waals surface area contributed by atoms with E-state index in [1.54, 1.807) is 0 Å². The SMILES string of the molecule is CC(C)CN=C1NC(=O)C2(CCCCc3ccccc32)N1. The van der Waals surface area contributed by atoms with Crippen molar-refractivity contribution in [3.05, 3.63) is 35.4 Å². The quantitative estimate of drug-likeness (QED) is 0.876. The molecule has 1 aromatic carbocycles. The standard InChI is InChI=1S/C17H23N3O/c1-12(2)11-18-16-19-15(21)17(20-16)10-6-5-8-13-7-3-4-9-14(13)17/h3-4,7,9,12H,5-6,8,10-11H2,1-2H3,(H2,18,19,20,21). The van der Waals surface area contributed by atoms with Crippen LogP contribution in [0.25, 0.3) is 0 Å². The zero-order valence-corrected chi connectivity index (χ0v) is 12.8. The number of benzene rings is 1. The van der Waals surface area contributed by atoms with Crippen molar-refractivity contribution >= 4 is 11.9 Å². The van der Waals surface area contributed by atoms with E-state index in [9.17, 15) is 4.79 Å². The monoisotopic (exact) mass is 285 g/mol. The molecule has 0 aromatic heterocycles. The van der Waals surface area contributed by atoms with Crippen LogP contribution in [-0.4, -0.2) is 18.4 Å². The second kappa shape index (κ2) is 5.51. The highest BCUT2D eigenvalue weighted by molar-refractivity contribution is 6.09. The number of amides is 1. The average molecular weight is 285 g/mol. The van der Waals surface area contributed by atoms with E-state index in [4.69, 9.17) is 0 Å². The van der Waals surface area contributed by atoms with Crippen molar-refractivity contribution in [3.8, 4) is 0 Å². The maximum absolute atomic E-state index is 12.7. The van der Waals surface area contributed by atoms with Gasteiger partial charge < -0.3 is 5.32 Å². The van der Waals surface area contributed by atoms with Crippen LogP contribution in [0.15, 0.2) is 29.3 Å². The molecule has 1 aliphatic carbocycles. The summed E-state index contributed by atoms with van der Waals surface area (Å²) in [6, 6.07) is 8.29. The second-order valence-electron chi connectivity index (χ2n) is 6.43. The van der Waals surface area contributed by atoms with Crippen LogP contribution in [0.3, 0.4) is 0 Å². The minimum absolute atomic E-state index is 0.0411. The first-order valence-corrected chi connectivity index (χ1v) is 7.84. The van der Waals surface area contributed by atoms with Gasteiger partial charge in [0.05, 0.1) is 0 Å². The smallest absolute Gasteiger partial charge is 0.257 e.